The van der Waals surface area contributed by atoms with Crippen molar-refractivity contribution in [2.75, 3.05) is 13.7 Å². The normalized spacial score (nSPS) is 9.38. The molecule has 0 fully saturated rings. The fourth-order valence-electron chi connectivity index (χ4n) is 1.26. The van der Waals surface area contributed by atoms with E-state index in [2.05, 4.69) is 15.9 Å². The number of rotatable bonds is 3. The average molecular weight is 284 g/mol. The second kappa shape index (κ2) is 5.52. The Hall–Kier alpha value is -1.54. The molecule has 0 aliphatic heterocycles. The Bertz CT molecular complexity index is 451. The largest absolute Gasteiger partial charge is 0.494 e. The highest BCUT2D eigenvalue weighted by atomic mass is 79.9. The van der Waals surface area contributed by atoms with Crippen LogP contribution < -0.4 is 4.74 Å². The number of hydrogen-bond donors (Lipinski definition) is 0. The molecule has 5 heteroatoms. The number of nitriles is 1. The lowest BCUT2D eigenvalue weighted by Crippen LogP contribution is -2.08. The minimum absolute atomic E-state index is 0.240. The number of benzene rings is 1. The van der Waals surface area contributed by atoms with Crippen molar-refractivity contribution in [3.05, 3.63) is 27.7 Å². The number of ether oxygens (including phenoxy) is 2. The van der Waals surface area contributed by atoms with Crippen LogP contribution in [0.4, 0.5) is 0 Å². The molecule has 0 saturated heterocycles. The van der Waals surface area contributed by atoms with E-state index in [0.29, 0.717) is 10.0 Å². The molecule has 84 valence electrons. The van der Waals surface area contributed by atoms with Gasteiger partial charge in [0.05, 0.1) is 19.3 Å². The summed E-state index contributed by atoms with van der Waals surface area (Å²) in [6, 6.07) is 5.11. The van der Waals surface area contributed by atoms with Crippen LogP contribution in [0.15, 0.2) is 16.6 Å². The van der Waals surface area contributed by atoms with Crippen LogP contribution in [0.2, 0.25) is 0 Å². The van der Waals surface area contributed by atoms with Gasteiger partial charge >= 0.3 is 5.97 Å². The van der Waals surface area contributed by atoms with E-state index in [1.54, 1.807) is 19.1 Å². The molecule has 4 nitrogen and oxygen atoms in total. The zero-order chi connectivity index (χ0) is 12.1. The maximum absolute atomic E-state index is 11.6. The first-order valence-corrected chi connectivity index (χ1v) is 5.38. The highest BCUT2D eigenvalue weighted by Gasteiger charge is 2.18. The summed E-state index contributed by atoms with van der Waals surface area (Å²) in [7, 11) is 1.41. The van der Waals surface area contributed by atoms with Crippen molar-refractivity contribution in [3.63, 3.8) is 0 Å². The lowest BCUT2D eigenvalue weighted by molar-refractivity contribution is 0.0522. The summed E-state index contributed by atoms with van der Waals surface area (Å²) in [4.78, 5) is 11.6. The van der Waals surface area contributed by atoms with E-state index in [1.807, 2.05) is 6.07 Å². The molecule has 0 spiro atoms. The first-order valence-electron chi connectivity index (χ1n) is 4.58. The molecule has 0 saturated carbocycles. The van der Waals surface area contributed by atoms with Crippen LogP contribution in [0, 0.1) is 11.3 Å². The zero-order valence-corrected chi connectivity index (χ0v) is 10.5. The number of esters is 1. The SMILES string of the molecule is CCOC(=O)c1cc(Br)cc(C#N)c1OC. The Morgan fingerprint density at radius 1 is 1.56 bits per heavy atom. The average Bonchev–Trinajstić information content (AvgIpc) is 2.28. The standard InChI is InChI=1S/C11H10BrNO3/c1-3-16-11(14)9-5-8(12)4-7(6-13)10(9)15-2/h4-5H,3H2,1-2H3. The highest BCUT2D eigenvalue weighted by Crippen LogP contribution is 2.28. The summed E-state index contributed by atoms with van der Waals surface area (Å²) >= 11 is 3.22. The Labute approximate surface area is 102 Å². The van der Waals surface area contributed by atoms with Crippen LogP contribution in [-0.4, -0.2) is 19.7 Å². The molecular formula is C11H10BrNO3. The molecule has 0 amide bonds. The predicted octanol–water partition coefficient (Wildman–Crippen LogP) is 2.51. The van der Waals surface area contributed by atoms with Crippen LogP contribution in [-0.2, 0) is 4.74 Å². The van der Waals surface area contributed by atoms with Crippen molar-refractivity contribution in [1.29, 1.82) is 5.26 Å². The Morgan fingerprint density at radius 2 is 2.25 bits per heavy atom. The van der Waals surface area contributed by atoms with Crippen molar-refractivity contribution in [3.8, 4) is 11.8 Å². The molecule has 0 heterocycles. The van der Waals surface area contributed by atoms with E-state index < -0.39 is 5.97 Å². The molecule has 1 rings (SSSR count). The van der Waals surface area contributed by atoms with Crippen LogP contribution in [0.25, 0.3) is 0 Å². The molecule has 0 aromatic heterocycles. The molecule has 0 aliphatic rings. The number of hydrogen-bond acceptors (Lipinski definition) is 4. The molecule has 16 heavy (non-hydrogen) atoms. The topological polar surface area (TPSA) is 59.3 Å². The van der Waals surface area contributed by atoms with Gasteiger partial charge in [0, 0.05) is 4.47 Å². The van der Waals surface area contributed by atoms with Gasteiger partial charge in [-0.1, -0.05) is 15.9 Å². The molecule has 0 bridgehead atoms. The lowest BCUT2D eigenvalue weighted by Gasteiger charge is -2.09. The van der Waals surface area contributed by atoms with Gasteiger partial charge in [-0.3, -0.25) is 0 Å². The first kappa shape index (κ1) is 12.5. The van der Waals surface area contributed by atoms with Gasteiger partial charge in [0.1, 0.15) is 11.6 Å². The quantitative estimate of drug-likeness (QED) is 0.800. The van der Waals surface area contributed by atoms with Gasteiger partial charge in [-0.2, -0.15) is 5.26 Å². The number of carbonyl (C=O) groups excluding carboxylic acids is 1. The van der Waals surface area contributed by atoms with Crippen molar-refractivity contribution in [1.82, 2.24) is 0 Å². The van der Waals surface area contributed by atoms with Crippen molar-refractivity contribution in [2.45, 2.75) is 6.92 Å². The summed E-state index contributed by atoms with van der Waals surface area (Å²) in [6.45, 7) is 1.99. The number of halogens is 1. The Morgan fingerprint density at radius 3 is 2.75 bits per heavy atom. The third-order valence-electron chi connectivity index (χ3n) is 1.87. The fraction of sp³-hybridized carbons (Fsp3) is 0.273. The van der Waals surface area contributed by atoms with Crippen LogP contribution in [0.5, 0.6) is 5.75 Å². The lowest BCUT2D eigenvalue weighted by atomic mass is 10.1. The first-order chi connectivity index (χ1) is 7.63. The van der Waals surface area contributed by atoms with Crippen LogP contribution >= 0.6 is 15.9 Å². The third kappa shape index (κ3) is 2.52. The van der Waals surface area contributed by atoms with Gasteiger partial charge < -0.3 is 9.47 Å². The molecule has 1 aromatic carbocycles. The van der Waals surface area contributed by atoms with Crippen molar-refractivity contribution < 1.29 is 14.3 Å². The van der Waals surface area contributed by atoms with E-state index in [-0.39, 0.29) is 17.9 Å². The molecule has 0 atom stereocenters. The van der Waals surface area contributed by atoms with Crippen molar-refractivity contribution >= 4 is 21.9 Å². The minimum Gasteiger partial charge on any atom is -0.494 e. The summed E-state index contributed by atoms with van der Waals surface area (Å²) in [6.07, 6.45) is 0. The van der Waals surface area contributed by atoms with Crippen LogP contribution in [0.1, 0.15) is 22.8 Å². The van der Waals surface area contributed by atoms with E-state index >= 15 is 0 Å². The second-order valence-corrected chi connectivity index (χ2v) is 3.78. The summed E-state index contributed by atoms with van der Waals surface area (Å²) in [5.41, 5.74) is 0.537. The third-order valence-corrected chi connectivity index (χ3v) is 2.33. The van der Waals surface area contributed by atoms with Crippen molar-refractivity contribution in [2.24, 2.45) is 0 Å². The Balaban J connectivity index is 3.32. The van der Waals surface area contributed by atoms with E-state index in [9.17, 15) is 4.79 Å². The monoisotopic (exact) mass is 283 g/mol. The van der Waals surface area contributed by atoms with Crippen LogP contribution in [0.3, 0.4) is 0 Å². The van der Waals surface area contributed by atoms with E-state index in [0.717, 1.165) is 0 Å². The fourth-order valence-corrected chi connectivity index (χ4v) is 1.71. The summed E-state index contributed by atoms with van der Waals surface area (Å²) in [5, 5.41) is 8.91. The maximum atomic E-state index is 11.6. The Kier molecular flexibility index (Phi) is 4.32. The van der Waals surface area contributed by atoms with E-state index in [4.69, 9.17) is 14.7 Å². The van der Waals surface area contributed by atoms with E-state index in [1.165, 1.54) is 7.11 Å². The number of methoxy groups -OCH3 is 1. The highest BCUT2D eigenvalue weighted by molar-refractivity contribution is 9.10. The van der Waals surface area contributed by atoms with Gasteiger partial charge in [0.2, 0.25) is 0 Å². The summed E-state index contributed by atoms with van der Waals surface area (Å²) < 4.78 is 10.6. The molecule has 0 unspecified atom stereocenters. The smallest absolute Gasteiger partial charge is 0.341 e. The number of nitrogens with zero attached hydrogens (tertiary/aromatic N) is 1. The summed E-state index contributed by atoms with van der Waals surface area (Å²) in [5.74, 6) is -0.263. The minimum atomic E-state index is -0.503. The number of carbonyl (C=O) groups is 1. The van der Waals surface area contributed by atoms with Gasteiger partial charge in [-0.15, -0.1) is 0 Å². The second-order valence-electron chi connectivity index (χ2n) is 2.87. The molecule has 0 radical (unpaired) electrons. The molecule has 1 aromatic rings. The molecular weight excluding hydrogens is 274 g/mol. The van der Waals surface area contributed by atoms with Gasteiger partial charge in [0.25, 0.3) is 0 Å². The van der Waals surface area contributed by atoms with Gasteiger partial charge in [0.15, 0.2) is 5.75 Å². The van der Waals surface area contributed by atoms with Gasteiger partial charge in [-0.05, 0) is 19.1 Å². The zero-order valence-electron chi connectivity index (χ0n) is 8.91. The molecule has 0 N–H and O–H groups in total. The maximum Gasteiger partial charge on any atom is 0.341 e. The van der Waals surface area contributed by atoms with Gasteiger partial charge in [-0.25, -0.2) is 4.79 Å². The predicted molar refractivity (Wildman–Crippen MR) is 61.4 cm³/mol. The molecule has 0 aliphatic carbocycles.